The zero-order chi connectivity index (χ0) is 21.7. The van der Waals surface area contributed by atoms with E-state index in [4.69, 9.17) is 0 Å². The van der Waals surface area contributed by atoms with Gasteiger partial charge in [-0.2, -0.15) is 0 Å². The first-order valence-corrected chi connectivity index (χ1v) is 11.9. The van der Waals surface area contributed by atoms with Crippen LogP contribution in [-0.2, 0) is 27.9 Å². The number of amides is 1. The highest BCUT2D eigenvalue weighted by atomic mass is 32.2. The molecule has 0 aliphatic carbocycles. The Balaban J connectivity index is 1.63. The lowest BCUT2D eigenvalue weighted by molar-refractivity contribution is -0.122. The zero-order valence-corrected chi connectivity index (χ0v) is 18.2. The fourth-order valence-electron chi connectivity index (χ4n) is 3.71. The largest absolute Gasteiger partial charge is 0.350 e. The van der Waals surface area contributed by atoms with E-state index in [0.29, 0.717) is 0 Å². The number of hydrogen-bond acceptors (Lipinski definition) is 4. The molecule has 2 aromatic carbocycles. The lowest BCUT2D eigenvalue weighted by atomic mass is 10.1. The molecule has 1 atom stereocenters. The number of para-hydroxylation sites is 1. The van der Waals surface area contributed by atoms with Crippen molar-refractivity contribution in [3.63, 3.8) is 0 Å². The first-order chi connectivity index (χ1) is 14.3. The number of nitrogens with one attached hydrogen (secondary N) is 1. The van der Waals surface area contributed by atoms with Gasteiger partial charge in [0.15, 0.2) is 0 Å². The quantitative estimate of drug-likeness (QED) is 0.695. The molecule has 0 bridgehead atoms. The van der Waals surface area contributed by atoms with Gasteiger partial charge in [0, 0.05) is 13.1 Å². The van der Waals surface area contributed by atoms with Crippen LogP contribution in [0.15, 0.2) is 48.5 Å². The second-order valence-electron chi connectivity index (χ2n) is 7.70. The topological polar surface area (TPSA) is 69.7 Å². The van der Waals surface area contributed by atoms with Crippen molar-refractivity contribution >= 4 is 21.6 Å². The molecule has 0 saturated carbocycles. The molecular formula is C22H28FN3O3S. The summed E-state index contributed by atoms with van der Waals surface area (Å²) in [7, 11) is -3.86. The molecule has 1 fully saturated rings. The maximum Gasteiger partial charge on any atom is 0.243 e. The van der Waals surface area contributed by atoms with E-state index in [9.17, 15) is 17.6 Å². The molecule has 1 aliphatic heterocycles. The maximum atomic E-state index is 14.2. The Hall–Kier alpha value is -2.45. The molecular weight excluding hydrogens is 405 g/mol. The summed E-state index contributed by atoms with van der Waals surface area (Å²) in [5.41, 5.74) is 1.99. The maximum absolute atomic E-state index is 14.2. The summed E-state index contributed by atoms with van der Waals surface area (Å²) in [6.07, 6.45) is 3.46. The minimum absolute atomic E-state index is 0.145. The molecule has 1 heterocycles. The molecule has 1 amide bonds. The number of halogens is 1. The van der Waals surface area contributed by atoms with Crippen LogP contribution in [0.2, 0.25) is 0 Å². The molecule has 162 valence electrons. The summed E-state index contributed by atoms with van der Waals surface area (Å²) in [6, 6.07) is 12.4. The molecule has 0 unspecified atom stereocenters. The number of benzene rings is 2. The summed E-state index contributed by atoms with van der Waals surface area (Å²) in [5.74, 6) is -1.19. The second kappa shape index (κ2) is 9.57. The number of nitrogens with zero attached hydrogens (tertiary/aromatic N) is 2. The predicted molar refractivity (Wildman–Crippen MR) is 116 cm³/mol. The lowest BCUT2D eigenvalue weighted by Crippen LogP contribution is -2.48. The van der Waals surface area contributed by atoms with Gasteiger partial charge in [0.2, 0.25) is 15.9 Å². The van der Waals surface area contributed by atoms with Crippen molar-refractivity contribution in [3.8, 4) is 0 Å². The Morgan fingerprint density at radius 3 is 2.30 bits per heavy atom. The van der Waals surface area contributed by atoms with E-state index in [1.54, 1.807) is 0 Å². The number of anilines is 1. The Bertz CT molecular complexity index is 973. The molecule has 30 heavy (non-hydrogen) atoms. The standard InChI is InChI=1S/C22H28FN3O3S/c1-17(26(30(2,28)29)21-8-4-3-7-20(21)23)22(27)24-15-18-9-11-19(12-10-18)16-25-13-5-6-14-25/h3-4,7-12,17H,5-6,13-16H2,1-2H3,(H,24,27)/t17-/m0/s1. The van der Waals surface area contributed by atoms with Gasteiger partial charge < -0.3 is 5.32 Å². The second-order valence-corrected chi connectivity index (χ2v) is 9.56. The normalized spacial score (nSPS) is 15.7. The van der Waals surface area contributed by atoms with Crippen LogP contribution in [0.5, 0.6) is 0 Å². The Labute approximate surface area is 177 Å². The average Bonchev–Trinajstić information content (AvgIpc) is 3.21. The van der Waals surface area contributed by atoms with Gasteiger partial charge in [0.25, 0.3) is 0 Å². The third kappa shape index (κ3) is 5.58. The molecule has 1 aliphatic rings. The van der Waals surface area contributed by atoms with E-state index >= 15 is 0 Å². The fourth-order valence-corrected chi connectivity index (χ4v) is 4.89. The van der Waals surface area contributed by atoms with E-state index in [1.807, 2.05) is 24.3 Å². The summed E-state index contributed by atoms with van der Waals surface area (Å²) in [6.45, 7) is 4.91. The number of carbonyl (C=O) groups is 1. The van der Waals surface area contributed by atoms with Gasteiger partial charge in [-0.05, 0) is 56.1 Å². The van der Waals surface area contributed by atoms with Crippen LogP contribution >= 0.6 is 0 Å². The van der Waals surface area contributed by atoms with Crippen LogP contribution < -0.4 is 9.62 Å². The van der Waals surface area contributed by atoms with E-state index in [1.165, 1.54) is 49.6 Å². The number of carbonyl (C=O) groups excluding carboxylic acids is 1. The molecule has 2 aromatic rings. The van der Waals surface area contributed by atoms with Crippen molar-refractivity contribution in [2.75, 3.05) is 23.7 Å². The van der Waals surface area contributed by atoms with Gasteiger partial charge >= 0.3 is 0 Å². The van der Waals surface area contributed by atoms with Crippen molar-refractivity contribution in [3.05, 3.63) is 65.5 Å². The number of rotatable bonds is 8. The predicted octanol–water partition coefficient (Wildman–Crippen LogP) is 2.89. The van der Waals surface area contributed by atoms with Gasteiger partial charge in [-0.25, -0.2) is 12.8 Å². The van der Waals surface area contributed by atoms with E-state index in [0.717, 1.165) is 35.8 Å². The van der Waals surface area contributed by atoms with Crippen molar-refractivity contribution in [2.45, 2.75) is 38.9 Å². The SMILES string of the molecule is C[C@@H](C(=O)NCc1ccc(CN2CCCC2)cc1)N(c1ccccc1F)S(C)(=O)=O. The van der Waals surface area contributed by atoms with E-state index in [-0.39, 0.29) is 12.2 Å². The zero-order valence-electron chi connectivity index (χ0n) is 17.3. The third-order valence-corrected chi connectivity index (χ3v) is 6.50. The molecule has 6 nitrogen and oxygen atoms in total. The number of likely N-dealkylation sites (tertiary alicyclic amines) is 1. The number of hydrogen-bond donors (Lipinski definition) is 1. The van der Waals surface area contributed by atoms with Crippen LogP contribution in [0.3, 0.4) is 0 Å². The van der Waals surface area contributed by atoms with Gasteiger partial charge in [-0.3, -0.25) is 14.0 Å². The molecule has 1 saturated heterocycles. The van der Waals surface area contributed by atoms with Gasteiger partial charge in [-0.1, -0.05) is 36.4 Å². The van der Waals surface area contributed by atoms with Crippen LogP contribution in [0, 0.1) is 5.82 Å². The highest BCUT2D eigenvalue weighted by Crippen LogP contribution is 2.24. The fraction of sp³-hybridized carbons (Fsp3) is 0.409. The molecule has 0 spiro atoms. The van der Waals surface area contributed by atoms with Gasteiger partial charge in [0.05, 0.1) is 11.9 Å². The highest BCUT2D eigenvalue weighted by Gasteiger charge is 2.30. The number of sulfonamides is 1. The molecule has 8 heteroatoms. The van der Waals surface area contributed by atoms with Crippen LogP contribution in [0.1, 0.15) is 30.9 Å². The summed E-state index contributed by atoms with van der Waals surface area (Å²) >= 11 is 0. The van der Waals surface area contributed by atoms with E-state index < -0.39 is 27.8 Å². The van der Waals surface area contributed by atoms with E-state index in [2.05, 4.69) is 10.2 Å². The molecule has 3 rings (SSSR count). The Morgan fingerprint density at radius 2 is 1.70 bits per heavy atom. The lowest BCUT2D eigenvalue weighted by Gasteiger charge is -2.28. The van der Waals surface area contributed by atoms with Crippen molar-refractivity contribution in [1.82, 2.24) is 10.2 Å². The Morgan fingerprint density at radius 1 is 1.10 bits per heavy atom. The molecule has 0 aromatic heterocycles. The first kappa shape index (κ1) is 22.2. The molecule has 1 N–H and O–H groups in total. The smallest absolute Gasteiger partial charge is 0.243 e. The van der Waals surface area contributed by atoms with Gasteiger partial charge in [-0.15, -0.1) is 0 Å². The molecule has 0 radical (unpaired) electrons. The average molecular weight is 434 g/mol. The summed E-state index contributed by atoms with van der Waals surface area (Å²) < 4.78 is 39.5. The van der Waals surface area contributed by atoms with Crippen LogP contribution in [0.25, 0.3) is 0 Å². The minimum atomic E-state index is -3.86. The summed E-state index contributed by atoms with van der Waals surface area (Å²) in [5, 5.41) is 2.76. The van der Waals surface area contributed by atoms with Crippen molar-refractivity contribution < 1.29 is 17.6 Å². The van der Waals surface area contributed by atoms with Crippen LogP contribution in [0.4, 0.5) is 10.1 Å². The highest BCUT2D eigenvalue weighted by molar-refractivity contribution is 7.92. The third-order valence-electron chi connectivity index (χ3n) is 5.27. The van der Waals surface area contributed by atoms with Crippen LogP contribution in [-0.4, -0.2) is 44.6 Å². The minimum Gasteiger partial charge on any atom is -0.350 e. The van der Waals surface area contributed by atoms with Crippen molar-refractivity contribution in [2.24, 2.45) is 0 Å². The monoisotopic (exact) mass is 433 g/mol. The van der Waals surface area contributed by atoms with Crippen molar-refractivity contribution in [1.29, 1.82) is 0 Å². The van der Waals surface area contributed by atoms with Gasteiger partial charge in [0.1, 0.15) is 11.9 Å². The Kier molecular flexibility index (Phi) is 7.10. The summed E-state index contributed by atoms with van der Waals surface area (Å²) in [4.78, 5) is 15.1. The first-order valence-electron chi connectivity index (χ1n) is 10.1.